The Balaban J connectivity index is 2.10. The van der Waals surface area contributed by atoms with E-state index in [-0.39, 0.29) is 0 Å². The SMILES string of the molecule is COc1ccc(CC(Br)c2cc(Br)sc2C)cc1. The molecular formula is C14H14Br2OS. The molecule has 1 unspecified atom stereocenters. The standard InChI is InChI=1S/C14H14Br2OS/c1-9-12(8-14(16)18-9)13(15)7-10-3-5-11(17-2)6-4-10/h3-6,8,13H,7H2,1-2H3. The van der Waals surface area contributed by atoms with Crippen LogP contribution in [0.1, 0.15) is 20.8 Å². The van der Waals surface area contributed by atoms with Crippen LogP contribution in [0.4, 0.5) is 0 Å². The molecule has 0 aliphatic carbocycles. The highest BCUT2D eigenvalue weighted by Gasteiger charge is 2.14. The lowest BCUT2D eigenvalue weighted by atomic mass is 10.1. The molecular weight excluding hydrogens is 376 g/mol. The van der Waals surface area contributed by atoms with Crippen LogP contribution in [-0.4, -0.2) is 7.11 Å². The highest BCUT2D eigenvalue weighted by molar-refractivity contribution is 9.11. The minimum absolute atomic E-state index is 0.355. The minimum atomic E-state index is 0.355. The van der Waals surface area contributed by atoms with E-state index >= 15 is 0 Å². The molecule has 0 saturated carbocycles. The first kappa shape index (κ1) is 14.1. The number of hydrogen-bond donors (Lipinski definition) is 0. The van der Waals surface area contributed by atoms with Crippen LogP contribution >= 0.6 is 43.2 Å². The molecule has 1 heterocycles. The fraction of sp³-hybridized carbons (Fsp3) is 0.286. The molecule has 2 rings (SSSR count). The molecule has 0 saturated heterocycles. The van der Waals surface area contributed by atoms with Crippen LogP contribution in [0.15, 0.2) is 34.1 Å². The van der Waals surface area contributed by atoms with Crippen molar-refractivity contribution in [3.8, 4) is 5.75 Å². The summed E-state index contributed by atoms with van der Waals surface area (Å²) in [6.07, 6.45) is 0.980. The number of thiophene rings is 1. The van der Waals surface area contributed by atoms with Gasteiger partial charge in [0.15, 0.2) is 0 Å². The Bertz CT molecular complexity index is 519. The van der Waals surface area contributed by atoms with Crippen LogP contribution in [0.25, 0.3) is 0 Å². The van der Waals surface area contributed by atoms with Gasteiger partial charge in [0.2, 0.25) is 0 Å². The Morgan fingerprint density at radius 2 is 1.94 bits per heavy atom. The van der Waals surface area contributed by atoms with Gasteiger partial charge in [-0.2, -0.15) is 0 Å². The average Bonchev–Trinajstić information content (AvgIpc) is 2.69. The zero-order chi connectivity index (χ0) is 13.1. The maximum Gasteiger partial charge on any atom is 0.118 e. The van der Waals surface area contributed by atoms with E-state index in [1.54, 1.807) is 18.4 Å². The van der Waals surface area contributed by atoms with Crippen molar-refractivity contribution in [2.75, 3.05) is 7.11 Å². The third-order valence-corrected chi connectivity index (χ3v) is 5.22. The van der Waals surface area contributed by atoms with Crippen LogP contribution in [0.2, 0.25) is 0 Å². The summed E-state index contributed by atoms with van der Waals surface area (Å²) in [6, 6.07) is 10.4. The van der Waals surface area contributed by atoms with E-state index < -0.39 is 0 Å². The molecule has 0 spiro atoms. The molecule has 0 radical (unpaired) electrons. The molecule has 96 valence electrons. The van der Waals surface area contributed by atoms with Crippen molar-refractivity contribution in [2.45, 2.75) is 18.2 Å². The van der Waals surface area contributed by atoms with Gasteiger partial charge in [0.1, 0.15) is 5.75 Å². The highest BCUT2D eigenvalue weighted by atomic mass is 79.9. The van der Waals surface area contributed by atoms with Crippen molar-refractivity contribution in [2.24, 2.45) is 0 Å². The van der Waals surface area contributed by atoms with Crippen LogP contribution in [-0.2, 0) is 6.42 Å². The van der Waals surface area contributed by atoms with E-state index in [1.165, 1.54) is 19.8 Å². The monoisotopic (exact) mass is 388 g/mol. The molecule has 1 nitrogen and oxygen atoms in total. The van der Waals surface area contributed by atoms with Crippen LogP contribution in [0.3, 0.4) is 0 Å². The zero-order valence-corrected chi connectivity index (χ0v) is 14.2. The number of ether oxygens (including phenoxy) is 1. The molecule has 4 heteroatoms. The molecule has 1 aromatic heterocycles. The first-order valence-electron chi connectivity index (χ1n) is 5.63. The van der Waals surface area contributed by atoms with E-state index in [9.17, 15) is 0 Å². The lowest BCUT2D eigenvalue weighted by molar-refractivity contribution is 0.414. The number of hydrogen-bond acceptors (Lipinski definition) is 2. The summed E-state index contributed by atoms with van der Waals surface area (Å²) in [5.74, 6) is 0.902. The molecule has 0 N–H and O–H groups in total. The van der Waals surface area contributed by atoms with Crippen LogP contribution in [0, 0.1) is 6.92 Å². The van der Waals surface area contributed by atoms with Gasteiger partial charge < -0.3 is 4.74 Å². The average molecular weight is 390 g/mol. The van der Waals surface area contributed by atoms with Gasteiger partial charge >= 0.3 is 0 Å². The predicted octanol–water partition coefficient (Wildman–Crippen LogP) is 5.51. The largest absolute Gasteiger partial charge is 0.497 e. The van der Waals surface area contributed by atoms with Gasteiger partial charge in [0.05, 0.1) is 10.9 Å². The number of benzene rings is 1. The lowest BCUT2D eigenvalue weighted by Crippen LogP contribution is -1.95. The Morgan fingerprint density at radius 3 is 2.44 bits per heavy atom. The molecule has 0 amide bonds. The summed E-state index contributed by atoms with van der Waals surface area (Å²) < 4.78 is 6.35. The smallest absolute Gasteiger partial charge is 0.118 e. The molecule has 2 aromatic rings. The van der Waals surface area contributed by atoms with Gasteiger partial charge in [-0.15, -0.1) is 11.3 Å². The van der Waals surface area contributed by atoms with E-state index in [2.05, 4.69) is 57.0 Å². The number of halogens is 2. The van der Waals surface area contributed by atoms with Gasteiger partial charge in [-0.25, -0.2) is 0 Å². The summed E-state index contributed by atoms with van der Waals surface area (Å²) in [5.41, 5.74) is 2.67. The predicted molar refractivity (Wildman–Crippen MR) is 85.1 cm³/mol. The van der Waals surface area contributed by atoms with Crippen molar-refractivity contribution in [3.63, 3.8) is 0 Å². The van der Waals surface area contributed by atoms with Crippen molar-refractivity contribution < 1.29 is 4.74 Å². The Labute approximate surface area is 128 Å². The quantitative estimate of drug-likeness (QED) is 0.626. The summed E-state index contributed by atoms with van der Waals surface area (Å²) >= 11 is 9.09. The minimum Gasteiger partial charge on any atom is -0.497 e. The summed E-state index contributed by atoms with van der Waals surface area (Å²) in [7, 11) is 1.69. The second kappa shape index (κ2) is 6.22. The first-order chi connectivity index (χ1) is 8.60. The van der Waals surface area contributed by atoms with Crippen molar-refractivity contribution in [1.29, 1.82) is 0 Å². The molecule has 0 aliphatic heterocycles. The van der Waals surface area contributed by atoms with E-state index in [0.717, 1.165) is 12.2 Å². The molecule has 0 bridgehead atoms. The van der Waals surface area contributed by atoms with Crippen molar-refractivity contribution in [1.82, 2.24) is 0 Å². The number of alkyl halides is 1. The third kappa shape index (κ3) is 3.37. The number of aryl methyl sites for hydroxylation is 1. The summed E-state index contributed by atoms with van der Waals surface area (Å²) in [4.78, 5) is 1.71. The first-order valence-corrected chi connectivity index (χ1v) is 8.15. The Hall–Kier alpha value is -0.320. The molecule has 1 aromatic carbocycles. The van der Waals surface area contributed by atoms with Gasteiger partial charge in [-0.1, -0.05) is 28.1 Å². The van der Waals surface area contributed by atoms with Crippen molar-refractivity contribution >= 4 is 43.2 Å². The maximum atomic E-state index is 5.16. The van der Waals surface area contributed by atoms with E-state index in [4.69, 9.17) is 4.74 Å². The highest BCUT2D eigenvalue weighted by Crippen LogP contribution is 2.36. The molecule has 18 heavy (non-hydrogen) atoms. The van der Waals surface area contributed by atoms with Gasteiger partial charge in [-0.3, -0.25) is 0 Å². The fourth-order valence-corrected chi connectivity index (χ4v) is 4.62. The zero-order valence-electron chi connectivity index (χ0n) is 10.2. The second-order valence-corrected chi connectivity index (χ2v) is 7.82. The van der Waals surface area contributed by atoms with Crippen LogP contribution in [0.5, 0.6) is 5.75 Å². The Morgan fingerprint density at radius 1 is 1.28 bits per heavy atom. The summed E-state index contributed by atoms with van der Waals surface area (Å²) in [5, 5.41) is 0. The molecule has 1 atom stereocenters. The van der Waals surface area contributed by atoms with Crippen LogP contribution < -0.4 is 4.74 Å². The molecule has 0 fully saturated rings. The van der Waals surface area contributed by atoms with Gasteiger partial charge in [-0.05, 0) is 58.6 Å². The lowest BCUT2D eigenvalue weighted by Gasteiger charge is -2.10. The maximum absolute atomic E-state index is 5.16. The van der Waals surface area contributed by atoms with Crippen molar-refractivity contribution in [3.05, 3.63) is 50.1 Å². The topological polar surface area (TPSA) is 9.23 Å². The molecule has 0 aliphatic rings. The number of rotatable bonds is 4. The normalized spacial score (nSPS) is 12.4. The summed E-state index contributed by atoms with van der Waals surface area (Å²) in [6.45, 7) is 2.16. The fourth-order valence-electron chi connectivity index (χ4n) is 1.85. The van der Waals surface area contributed by atoms with E-state index in [0.29, 0.717) is 4.83 Å². The third-order valence-electron chi connectivity index (χ3n) is 2.84. The Kier molecular flexibility index (Phi) is 4.87. The van der Waals surface area contributed by atoms with Gasteiger partial charge in [0.25, 0.3) is 0 Å². The van der Waals surface area contributed by atoms with E-state index in [1.807, 2.05) is 12.1 Å². The van der Waals surface area contributed by atoms with Gasteiger partial charge in [0, 0.05) is 9.70 Å². The number of methoxy groups -OCH3 is 1. The second-order valence-electron chi connectivity index (χ2n) is 4.08.